The van der Waals surface area contributed by atoms with Crippen LogP contribution in [0.15, 0.2) is 67.0 Å². The summed E-state index contributed by atoms with van der Waals surface area (Å²) in [6.07, 6.45) is 4.97. The van der Waals surface area contributed by atoms with Crippen LogP contribution in [0.2, 0.25) is 0 Å². The van der Waals surface area contributed by atoms with Gasteiger partial charge in [-0.1, -0.05) is 49.4 Å². The van der Waals surface area contributed by atoms with E-state index in [4.69, 9.17) is 0 Å². The van der Waals surface area contributed by atoms with Crippen molar-refractivity contribution < 1.29 is 9.36 Å². The zero-order valence-electron chi connectivity index (χ0n) is 12.1. The zero-order valence-corrected chi connectivity index (χ0v) is 12.1. The first kappa shape index (κ1) is 13.5. The van der Waals surface area contributed by atoms with Crippen LogP contribution in [0.4, 0.5) is 0 Å². The Kier molecular flexibility index (Phi) is 3.78. The van der Waals surface area contributed by atoms with Crippen molar-refractivity contribution in [3.63, 3.8) is 0 Å². The largest absolute Gasteiger partial charge is 0.287 e. The molecule has 0 saturated heterocycles. The van der Waals surface area contributed by atoms with Crippen LogP contribution in [0.25, 0.3) is 10.8 Å². The standard InChI is InChI=1S/C19H18NO/c1-2-15-7-9-17(10-8-15)19(21)14-20-12-11-16-5-3-4-6-18(16)13-20/h3-13H,2,14H2,1H3/q+1. The number of benzene rings is 2. The Morgan fingerprint density at radius 1 is 0.952 bits per heavy atom. The van der Waals surface area contributed by atoms with Crippen molar-refractivity contribution >= 4 is 16.6 Å². The van der Waals surface area contributed by atoms with Crippen molar-refractivity contribution in [2.45, 2.75) is 19.9 Å². The van der Waals surface area contributed by atoms with Crippen molar-refractivity contribution in [2.24, 2.45) is 0 Å². The number of rotatable bonds is 4. The second-order valence-corrected chi connectivity index (χ2v) is 5.22. The van der Waals surface area contributed by atoms with E-state index < -0.39 is 0 Å². The van der Waals surface area contributed by atoms with Gasteiger partial charge in [-0.25, -0.2) is 0 Å². The summed E-state index contributed by atoms with van der Waals surface area (Å²) in [5.74, 6) is 0.137. The van der Waals surface area contributed by atoms with Crippen LogP contribution in [0.1, 0.15) is 22.8 Å². The smallest absolute Gasteiger partial charge is 0.227 e. The summed E-state index contributed by atoms with van der Waals surface area (Å²) in [5.41, 5.74) is 2.03. The molecule has 2 aromatic carbocycles. The topological polar surface area (TPSA) is 20.9 Å². The van der Waals surface area contributed by atoms with Gasteiger partial charge in [0.2, 0.25) is 12.3 Å². The average Bonchev–Trinajstić information content (AvgIpc) is 2.55. The molecule has 0 atom stereocenters. The molecule has 0 radical (unpaired) electrons. The number of ketones is 1. The van der Waals surface area contributed by atoms with Gasteiger partial charge in [0.15, 0.2) is 12.4 Å². The lowest BCUT2D eigenvalue weighted by Crippen LogP contribution is -2.37. The van der Waals surface area contributed by atoms with Gasteiger partial charge in [-0.2, -0.15) is 4.57 Å². The second-order valence-electron chi connectivity index (χ2n) is 5.22. The predicted octanol–water partition coefficient (Wildman–Crippen LogP) is 3.57. The number of fused-ring (bicyclic) bond motifs is 1. The number of carbonyl (C=O) groups excluding carboxylic acids is 1. The fourth-order valence-corrected chi connectivity index (χ4v) is 2.46. The van der Waals surface area contributed by atoms with Crippen LogP contribution in [0.5, 0.6) is 0 Å². The molecular formula is C19H18NO+. The van der Waals surface area contributed by atoms with E-state index in [-0.39, 0.29) is 5.78 Å². The molecule has 0 unspecified atom stereocenters. The van der Waals surface area contributed by atoms with Gasteiger partial charge < -0.3 is 0 Å². The molecule has 0 aliphatic heterocycles. The van der Waals surface area contributed by atoms with Gasteiger partial charge in [0.1, 0.15) is 0 Å². The number of Topliss-reactive ketones (excluding diaryl/α,β-unsaturated/α-hetero) is 1. The molecule has 0 bridgehead atoms. The molecule has 1 heterocycles. The monoisotopic (exact) mass is 276 g/mol. The molecule has 1 aromatic heterocycles. The van der Waals surface area contributed by atoms with E-state index in [2.05, 4.69) is 19.1 Å². The lowest BCUT2D eigenvalue weighted by Gasteiger charge is -2.01. The summed E-state index contributed by atoms with van der Waals surface area (Å²) in [7, 11) is 0. The SMILES string of the molecule is CCc1ccc(C(=O)C[n+]2ccc3ccccc3c2)cc1. The summed E-state index contributed by atoms with van der Waals surface area (Å²) in [6.45, 7) is 2.48. The fraction of sp³-hybridized carbons (Fsp3) is 0.158. The van der Waals surface area contributed by atoms with Gasteiger partial charge in [-0.05, 0) is 23.4 Å². The molecule has 0 N–H and O–H groups in total. The molecule has 0 fully saturated rings. The molecule has 21 heavy (non-hydrogen) atoms. The number of hydrogen-bond donors (Lipinski definition) is 0. The van der Waals surface area contributed by atoms with Crippen molar-refractivity contribution in [3.8, 4) is 0 Å². The third-order valence-electron chi connectivity index (χ3n) is 3.76. The molecule has 3 aromatic rings. The number of aryl methyl sites for hydroxylation is 1. The minimum atomic E-state index is 0.137. The van der Waals surface area contributed by atoms with Gasteiger partial charge in [0, 0.05) is 17.0 Å². The highest BCUT2D eigenvalue weighted by atomic mass is 16.1. The molecule has 0 spiro atoms. The molecule has 3 rings (SSSR count). The van der Waals surface area contributed by atoms with Crippen molar-refractivity contribution in [1.29, 1.82) is 0 Å². The Labute approximate surface area is 124 Å². The first-order valence-corrected chi connectivity index (χ1v) is 7.26. The van der Waals surface area contributed by atoms with Crippen molar-refractivity contribution in [1.82, 2.24) is 0 Å². The van der Waals surface area contributed by atoms with Crippen LogP contribution in [0, 0.1) is 0 Å². The van der Waals surface area contributed by atoms with E-state index in [0.29, 0.717) is 6.54 Å². The van der Waals surface area contributed by atoms with Crippen LogP contribution < -0.4 is 4.57 Å². The van der Waals surface area contributed by atoms with Gasteiger partial charge in [0.05, 0.1) is 0 Å². The third kappa shape index (κ3) is 3.00. The Morgan fingerprint density at radius 2 is 1.67 bits per heavy atom. The summed E-state index contributed by atoms with van der Waals surface area (Å²) >= 11 is 0. The van der Waals surface area contributed by atoms with Crippen LogP contribution in [-0.4, -0.2) is 5.78 Å². The molecule has 0 saturated carbocycles. The maximum absolute atomic E-state index is 12.3. The van der Waals surface area contributed by atoms with E-state index in [1.165, 1.54) is 10.9 Å². The van der Waals surface area contributed by atoms with E-state index >= 15 is 0 Å². The first-order chi connectivity index (χ1) is 10.3. The highest BCUT2D eigenvalue weighted by Gasteiger charge is 2.12. The van der Waals surface area contributed by atoms with E-state index in [9.17, 15) is 4.79 Å². The highest BCUT2D eigenvalue weighted by Crippen LogP contribution is 2.10. The van der Waals surface area contributed by atoms with Crippen LogP contribution >= 0.6 is 0 Å². The minimum Gasteiger partial charge on any atom is -0.287 e. The van der Waals surface area contributed by atoms with Gasteiger partial charge in [-0.15, -0.1) is 0 Å². The third-order valence-corrected chi connectivity index (χ3v) is 3.76. The van der Waals surface area contributed by atoms with E-state index in [1.54, 1.807) is 0 Å². The van der Waals surface area contributed by atoms with E-state index in [0.717, 1.165) is 17.4 Å². The molecule has 0 aliphatic rings. The second kappa shape index (κ2) is 5.88. The minimum absolute atomic E-state index is 0.137. The average molecular weight is 276 g/mol. The number of pyridine rings is 1. The number of carbonyl (C=O) groups is 1. The Bertz CT molecular complexity index is 775. The summed E-state index contributed by atoms with van der Waals surface area (Å²) in [6, 6.07) is 18.1. The molecule has 104 valence electrons. The zero-order chi connectivity index (χ0) is 14.7. The summed E-state index contributed by atoms with van der Waals surface area (Å²) < 4.78 is 1.94. The van der Waals surface area contributed by atoms with Gasteiger partial charge in [0.25, 0.3) is 0 Å². The van der Waals surface area contributed by atoms with E-state index in [1.807, 2.05) is 59.4 Å². The lowest BCUT2D eigenvalue weighted by atomic mass is 10.1. The summed E-state index contributed by atoms with van der Waals surface area (Å²) in [5, 5.41) is 2.34. The first-order valence-electron chi connectivity index (χ1n) is 7.26. The lowest BCUT2D eigenvalue weighted by molar-refractivity contribution is -0.681. The van der Waals surface area contributed by atoms with Gasteiger partial charge >= 0.3 is 0 Å². The predicted molar refractivity (Wildman–Crippen MR) is 84.3 cm³/mol. The fourth-order valence-electron chi connectivity index (χ4n) is 2.46. The molecule has 2 heteroatoms. The molecule has 2 nitrogen and oxygen atoms in total. The highest BCUT2D eigenvalue weighted by molar-refractivity contribution is 5.95. The van der Waals surface area contributed by atoms with Gasteiger partial charge in [-0.3, -0.25) is 4.79 Å². The van der Waals surface area contributed by atoms with Crippen LogP contribution in [-0.2, 0) is 13.0 Å². The Morgan fingerprint density at radius 3 is 2.38 bits per heavy atom. The number of hydrogen-bond acceptors (Lipinski definition) is 1. The van der Waals surface area contributed by atoms with Crippen molar-refractivity contribution in [2.75, 3.05) is 0 Å². The Hall–Kier alpha value is -2.48. The maximum atomic E-state index is 12.3. The normalized spacial score (nSPS) is 10.7. The molecular weight excluding hydrogens is 258 g/mol. The number of nitrogens with zero attached hydrogens (tertiary/aromatic N) is 1. The number of aromatic nitrogens is 1. The Balaban J connectivity index is 1.81. The molecule has 0 aliphatic carbocycles. The summed E-state index contributed by atoms with van der Waals surface area (Å²) in [4.78, 5) is 12.3. The quantitative estimate of drug-likeness (QED) is 0.527. The van der Waals surface area contributed by atoms with Crippen LogP contribution in [0.3, 0.4) is 0 Å². The maximum Gasteiger partial charge on any atom is 0.227 e. The molecule has 0 amide bonds. The van der Waals surface area contributed by atoms with Crippen molar-refractivity contribution in [3.05, 3.63) is 78.1 Å².